The SMILES string of the molecule is CC(C)C(C#N)C(=O)N(Cc1cccs1)C1CC1. The van der Waals surface area contributed by atoms with Crippen LogP contribution in [-0.4, -0.2) is 16.8 Å². The van der Waals surface area contributed by atoms with Gasteiger partial charge < -0.3 is 4.90 Å². The summed E-state index contributed by atoms with van der Waals surface area (Å²) < 4.78 is 0. The Bertz CT molecular complexity index is 443. The first-order chi connectivity index (χ1) is 8.63. The third kappa shape index (κ3) is 2.91. The van der Waals surface area contributed by atoms with Crippen molar-refractivity contribution in [1.82, 2.24) is 4.90 Å². The van der Waals surface area contributed by atoms with Crippen LogP contribution in [0.5, 0.6) is 0 Å². The summed E-state index contributed by atoms with van der Waals surface area (Å²) in [6.45, 7) is 4.52. The molecule has 1 fully saturated rings. The Morgan fingerprint density at radius 3 is 2.78 bits per heavy atom. The largest absolute Gasteiger partial charge is 0.333 e. The zero-order chi connectivity index (χ0) is 13.1. The minimum absolute atomic E-state index is 0.00315. The highest BCUT2D eigenvalue weighted by Gasteiger charge is 2.36. The second kappa shape index (κ2) is 5.53. The molecule has 3 nitrogen and oxygen atoms in total. The Hall–Kier alpha value is -1.34. The van der Waals surface area contributed by atoms with Gasteiger partial charge in [0.1, 0.15) is 5.92 Å². The van der Waals surface area contributed by atoms with Crippen LogP contribution < -0.4 is 0 Å². The number of hydrogen-bond donors (Lipinski definition) is 0. The number of nitrogens with zero attached hydrogens (tertiary/aromatic N) is 2. The molecular weight excluding hydrogens is 244 g/mol. The number of hydrogen-bond acceptors (Lipinski definition) is 3. The maximum atomic E-state index is 12.4. The van der Waals surface area contributed by atoms with Gasteiger partial charge in [-0.05, 0) is 30.2 Å². The van der Waals surface area contributed by atoms with Crippen molar-refractivity contribution in [3.8, 4) is 6.07 Å². The van der Waals surface area contributed by atoms with E-state index in [0.717, 1.165) is 12.8 Å². The number of nitriles is 1. The van der Waals surface area contributed by atoms with Gasteiger partial charge in [0.2, 0.25) is 5.91 Å². The number of carbonyl (C=O) groups excluding carboxylic acids is 1. The predicted octanol–water partition coefficient (Wildman–Crippen LogP) is 3.03. The molecule has 1 aromatic rings. The smallest absolute Gasteiger partial charge is 0.240 e. The normalized spacial score (nSPS) is 16.3. The van der Waals surface area contributed by atoms with E-state index in [4.69, 9.17) is 5.26 Å². The molecule has 1 atom stereocenters. The van der Waals surface area contributed by atoms with E-state index in [-0.39, 0.29) is 11.8 Å². The lowest BCUT2D eigenvalue weighted by atomic mass is 9.96. The van der Waals surface area contributed by atoms with E-state index in [1.165, 1.54) is 4.88 Å². The zero-order valence-corrected chi connectivity index (χ0v) is 11.6. The molecule has 1 aliphatic rings. The molecule has 1 aliphatic carbocycles. The second-order valence-corrected chi connectivity index (χ2v) is 6.16. The van der Waals surface area contributed by atoms with E-state index < -0.39 is 5.92 Å². The molecule has 2 rings (SSSR count). The van der Waals surface area contributed by atoms with Gasteiger partial charge in [-0.3, -0.25) is 4.79 Å². The fourth-order valence-corrected chi connectivity index (χ4v) is 2.71. The first-order valence-electron chi connectivity index (χ1n) is 6.36. The first-order valence-corrected chi connectivity index (χ1v) is 7.24. The van der Waals surface area contributed by atoms with Crippen molar-refractivity contribution in [1.29, 1.82) is 5.26 Å². The second-order valence-electron chi connectivity index (χ2n) is 5.13. The number of thiophene rings is 1. The molecular formula is C14H18N2OS. The van der Waals surface area contributed by atoms with Crippen LogP contribution in [0, 0.1) is 23.2 Å². The maximum Gasteiger partial charge on any atom is 0.240 e. The third-order valence-corrected chi connectivity index (χ3v) is 4.11. The van der Waals surface area contributed by atoms with Crippen molar-refractivity contribution in [2.75, 3.05) is 0 Å². The lowest BCUT2D eigenvalue weighted by molar-refractivity contribution is -0.136. The standard InChI is InChI=1S/C14H18N2OS/c1-10(2)13(8-15)14(17)16(11-5-6-11)9-12-4-3-7-18-12/h3-4,7,10-11,13H,5-6,9H2,1-2H3. The van der Waals surface area contributed by atoms with Gasteiger partial charge in [-0.1, -0.05) is 19.9 Å². The Labute approximate surface area is 112 Å². The van der Waals surface area contributed by atoms with Crippen LogP contribution in [0.4, 0.5) is 0 Å². The molecule has 4 heteroatoms. The van der Waals surface area contributed by atoms with Gasteiger partial charge in [-0.15, -0.1) is 11.3 Å². The molecule has 1 amide bonds. The topological polar surface area (TPSA) is 44.1 Å². The Balaban J connectivity index is 2.10. The lowest BCUT2D eigenvalue weighted by Crippen LogP contribution is -2.38. The van der Waals surface area contributed by atoms with Gasteiger partial charge >= 0.3 is 0 Å². The van der Waals surface area contributed by atoms with Crippen LogP contribution in [0.25, 0.3) is 0 Å². The first kappa shape index (κ1) is 13.1. The summed E-state index contributed by atoms with van der Waals surface area (Å²) in [4.78, 5) is 15.5. The van der Waals surface area contributed by atoms with Crippen molar-refractivity contribution < 1.29 is 4.79 Å². The van der Waals surface area contributed by atoms with E-state index in [0.29, 0.717) is 12.6 Å². The number of carbonyl (C=O) groups is 1. The van der Waals surface area contributed by atoms with E-state index in [9.17, 15) is 4.79 Å². The molecule has 18 heavy (non-hydrogen) atoms. The maximum absolute atomic E-state index is 12.4. The van der Waals surface area contributed by atoms with Gasteiger partial charge in [0.05, 0.1) is 12.6 Å². The number of rotatable bonds is 5. The van der Waals surface area contributed by atoms with Crippen molar-refractivity contribution in [2.24, 2.45) is 11.8 Å². The average molecular weight is 262 g/mol. The summed E-state index contributed by atoms with van der Waals surface area (Å²) in [6, 6.07) is 6.56. The predicted molar refractivity (Wildman–Crippen MR) is 71.8 cm³/mol. The highest BCUT2D eigenvalue weighted by atomic mass is 32.1. The van der Waals surface area contributed by atoms with E-state index in [1.807, 2.05) is 36.3 Å². The van der Waals surface area contributed by atoms with E-state index in [2.05, 4.69) is 6.07 Å². The van der Waals surface area contributed by atoms with E-state index >= 15 is 0 Å². The van der Waals surface area contributed by atoms with Gasteiger partial charge in [0.15, 0.2) is 0 Å². The van der Waals surface area contributed by atoms with Crippen molar-refractivity contribution >= 4 is 17.2 Å². The monoisotopic (exact) mass is 262 g/mol. The summed E-state index contributed by atoms with van der Waals surface area (Å²) in [7, 11) is 0. The summed E-state index contributed by atoms with van der Waals surface area (Å²) >= 11 is 1.66. The fraction of sp³-hybridized carbons (Fsp3) is 0.571. The van der Waals surface area contributed by atoms with Crippen molar-refractivity contribution in [2.45, 2.75) is 39.3 Å². The van der Waals surface area contributed by atoms with Crippen LogP contribution >= 0.6 is 11.3 Å². The molecule has 0 aromatic carbocycles. The van der Waals surface area contributed by atoms with Gasteiger partial charge in [0, 0.05) is 10.9 Å². The van der Waals surface area contributed by atoms with Crippen molar-refractivity contribution in [3.05, 3.63) is 22.4 Å². The molecule has 1 aromatic heterocycles. The molecule has 0 bridgehead atoms. The molecule has 0 spiro atoms. The highest BCUT2D eigenvalue weighted by molar-refractivity contribution is 7.09. The fourth-order valence-electron chi connectivity index (χ4n) is 2.01. The van der Waals surface area contributed by atoms with E-state index in [1.54, 1.807) is 11.3 Å². The van der Waals surface area contributed by atoms with Crippen LogP contribution in [0.1, 0.15) is 31.6 Å². The molecule has 0 N–H and O–H groups in total. The zero-order valence-electron chi connectivity index (χ0n) is 10.8. The molecule has 1 heterocycles. The van der Waals surface area contributed by atoms with Crippen LogP contribution in [-0.2, 0) is 11.3 Å². The molecule has 96 valence electrons. The molecule has 0 aliphatic heterocycles. The molecule has 1 unspecified atom stereocenters. The van der Waals surface area contributed by atoms with Crippen molar-refractivity contribution in [3.63, 3.8) is 0 Å². The molecule has 0 radical (unpaired) electrons. The Morgan fingerprint density at radius 2 is 2.33 bits per heavy atom. The summed E-state index contributed by atoms with van der Waals surface area (Å²) in [5.41, 5.74) is 0. The molecule has 0 saturated heterocycles. The lowest BCUT2D eigenvalue weighted by Gasteiger charge is -2.25. The molecule has 1 saturated carbocycles. The minimum Gasteiger partial charge on any atom is -0.333 e. The van der Waals surface area contributed by atoms with Crippen LogP contribution in [0.15, 0.2) is 17.5 Å². The van der Waals surface area contributed by atoms with Gasteiger partial charge in [-0.2, -0.15) is 5.26 Å². The van der Waals surface area contributed by atoms with Crippen LogP contribution in [0.2, 0.25) is 0 Å². The van der Waals surface area contributed by atoms with Gasteiger partial charge in [0.25, 0.3) is 0 Å². The Kier molecular flexibility index (Phi) is 4.03. The summed E-state index contributed by atoms with van der Waals surface area (Å²) in [5, 5.41) is 11.2. The summed E-state index contributed by atoms with van der Waals surface area (Å²) in [6.07, 6.45) is 2.15. The van der Waals surface area contributed by atoms with Crippen LogP contribution in [0.3, 0.4) is 0 Å². The van der Waals surface area contributed by atoms with Gasteiger partial charge in [-0.25, -0.2) is 0 Å². The highest BCUT2D eigenvalue weighted by Crippen LogP contribution is 2.31. The number of amides is 1. The average Bonchev–Trinajstić information content (AvgIpc) is 3.03. The third-order valence-electron chi connectivity index (χ3n) is 3.25. The minimum atomic E-state index is -0.509. The summed E-state index contributed by atoms with van der Waals surface area (Å²) in [5.74, 6) is -0.430. The Morgan fingerprint density at radius 1 is 1.61 bits per heavy atom. The quantitative estimate of drug-likeness (QED) is 0.818.